The molecule has 1 N–H and O–H groups in total. The Morgan fingerprint density at radius 3 is 2.72 bits per heavy atom. The van der Waals surface area contributed by atoms with Crippen LogP contribution in [0.3, 0.4) is 0 Å². The largest absolute Gasteiger partial charge is 0.379 e. The van der Waals surface area contributed by atoms with Crippen LogP contribution in [0.2, 0.25) is 0 Å². The second-order valence-corrected chi connectivity index (χ2v) is 8.05. The number of nitrogens with zero attached hydrogens (tertiary/aromatic N) is 4. The Kier molecular flexibility index (Phi) is 7.20. The molecule has 2 aromatic rings. The Morgan fingerprint density at radius 1 is 1.16 bits per heavy atom. The van der Waals surface area contributed by atoms with E-state index in [0.29, 0.717) is 31.7 Å². The molecule has 8 nitrogen and oxygen atoms in total. The van der Waals surface area contributed by atoms with Crippen molar-refractivity contribution in [3.05, 3.63) is 52.8 Å². The van der Waals surface area contributed by atoms with Gasteiger partial charge in [0, 0.05) is 62.4 Å². The molecule has 32 heavy (non-hydrogen) atoms. The number of amides is 2. The second kappa shape index (κ2) is 10.4. The minimum atomic E-state index is -0.236. The van der Waals surface area contributed by atoms with Crippen LogP contribution in [-0.4, -0.2) is 77.3 Å². The topological polar surface area (TPSA) is 79.7 Å². The van der Waals surface area contributed by atoms with Crippen LogP contribution in [0.4, 0.5) is 0 Å². The lowest BCUT2D eigenvalue weighted by molar-refractivity contribution is -0.126. The van der Waals surface area contributed by atoms with Crippen molar-refractivity contribution in [1.29, 1.82) is 0 Å². The highest BCUT2D eigenvalue weighted by Crippen LogP contribution is 2.22. The zero-order valence-electron chi connectivity index (χ0n) is 18.5. The van der Waals surface area contributed by atoms with E-state index >= 15 is 0 Å². The molecule has 0 aliphatic carbocycles. The fraction of sp³-hybridized carbons (Fsp3) is 0.458. The van der Waals surface area contributed by atoms with Crippen LogP contribution >= 0.6 is 0 Å². The van der Waals surface area contributed by atoms with Crippen molar-refractivity contribution >= 4 is 11.8 Å². The van der Waals surface area contributed by atoms with Crippen LogP contribution in [-0.2, 0) is 29.5 Å². The molecule has 1 aromatic carbocycles. The number of nitrogens with one attached hydrogen (secondary N) is 1. The molecule has 0 atom stereocenters. The minimum Gasteiger partial charge on any atom is -0.379 e. The molecule has 0 spiro atoms. The summed E-state index contributed by atoms with van der Waals surface area (Å²) in [4.78, 5) is 29.5. The zero-order chi connectivity index (χ0) is 22.3. The third-order valence-electron chi connectivity index (χ3n) is 5.87. The summed E-state index contributed by atoms with van der Waals surface area (Å²) in [6, 6.07) is 9.44. The van der Waals surface area contributed by atoms with E-state index in [1.165, 1.54) is 0 Å². The molecule has 3 heterocycles. The van der Waals surface area contributed by atoms with E-state index in [2.05, 4.69) is 27.2 Å². The van der Waals surface area contributed by atoms with Gasteiger partial charge >= 0.3 is 0 Å². The fourth-order valence-corrected chi connectivity index (χ4v) is 4.09. The summed E-state index contributed by atoms with van der Waals surface area (Å²) >= 11 is 0. The second-order valence-electron chi connectivity index (χ2n) is 8.05. The van der Waals surface area contributed by atoms with Crippen LogP contribution in [0.1, 0.15) is 33.7 Å². The van der Waals surface area contributed by atoms with Gasteiger partial charge in [-0.25, -0.2) is 0 Å². The molecule has 4 rings (SSSR count). The van der Waals surface area contributed by atoms with Crippen LogP contribution < -0.4 is 5.32 Å². The van der Waals surface area contributed by atoms with Crippen LogP contribution in [0.25, 0.3) is 0 Å². The molecule has 0 radical (unpaired) electrons. The number of carbonyl (C=O) groups is 2. The van der Waals surface area contributed by atoms with Crippen LogP contribution in [0, 0.1) is 11.8 Å². The number of benzene rings is 1. The van der Waals surface area contributed by atoms with E-state index in [1.807, 2.05) is 37.4 Å². The molecular weight excluding hydrogens is 406 g/mol. The third kappa shape index (κ3) is 5.36. The van der Waals surface area contributed by atoms with Crippen LogP contribution in [0.15, 0.2) is 30.3 Å². The number of ether oxygens (including phenoxy) is 1. The first-order valence-corrected chi connectivity index (χ1v) is 11.1. The van der Waals surface area contributed by atoms with Crippen molar-refractivity contribution in [1.82, 2.24) is 24.9 Å². The van der Waals surface area contributed by atoms with Gasteiger partial charge in [0.2, 0.25) is 0 Å². The molecule has 1 aromatic heterocycles. The number of hydrogen-bond donors (Lipinski definition) is 1. The van der Waals surface area contributed by atoms with E-state index in [9.17, 15) is 9.59 Å². The van der Waals surface area contributed by atoms with Crippen molar-refractivity contribution in [3.8, 4) is 11.8 Å². The number of fused-ring (bicyclic) bond motifs is 1. The lowest BCUT2D eigenvalue weighted by Gasteiger charge is -2.26. The summed E-state index contributed by atoms with van der Waals surface area (Å²) in [5.74, 6) is 5.22. The molecule has 0 saturated carbocycles. The predicted octanol–water partition coefficient (Wildman–Crippen LogP) is 0.809. The van der Waals surface area contributed by atoms with Gasteiger partial charge in [0.25, 0.3) is 11.8 Å². The van der Waals surface area contributed by atoms with Crippen LogP contribution in [0.5, 0.6) is 0 Å². The summed E-state index contributed by atoms with van der Waals surface area (Å²) in [5.41, 5.74) is 3.03. The maximum absolute atomic E-state index is 12.8. The van der Waals surface area contributed by atoms with Gasteiger partial charge in [-0.2, -0.15) is 5.10 Å². The first-order chi connectivity index (χ1) is 15.6. The molecule has 2 aliphatic heterocycles. The Hall–Kier alpha value is -3.15. The highest BCUT2D eigenvalue weighted by Gasteiger charge is 2.28. The lowest BCUT2D eigenvalue weighted by atomic mass is 10.0. The van der Waals surface area contributed by atoms with Gasteiger partial charge in [-0.1, -0.05) is 24.1 Å². The van der Waals surface area contributed by atoms with E-state index in [-0.39, 0.29) is 11.8 Å². The number of morpholine rings is 1. The molecule has 1 saturated heterocycles. The third-order valence-corrected chi connectivity index (χ3v) is 5.87. The number of aromatic nitrogens is 2. The lowest BCUT2D eigenvalue weighted by Crippen LogP contribution is -2.38. The number of carbonyl (C=O) groups excluding carboxylic acids is 2. The monoisotopic (exact) mass is 435 g/mol. The number of aryl methyl sites for hydroxylation is 1. The Bertz CT molecular complexity index is 1020. The smallest absolute Gasteiger partial charge is 0.299 e. The molecule has 2 amide bonds. The van der Waals surface area contributed by atoms with Gasteiger partial charge in [-0.05, 0) is 25.1 Å². The number of hydrogen-bond acceptors (Lipinski definition) is 5. The number of rotatable bonds is 5. The molecule has 0 unspecified atom stereocenters. The highest BCUT2D eigenvalue weighted by atomic mass is 16.5. The average Bonchev–Trinajstić information content (AvgIpc) is 3.17. The van der Waals surface area contributed by atoms with Gasteiger partial charge in [0.05, 0.1) is 19.8 Å². The maximum Gasteiger partial charge on any atom is 0.299 e. The van der Waals surface area contributed by atoms with Crippen molar-refractivity contribution in [2.45, 2.75) is 19.4 Å². The predicted molar refractivity (Wildman–Crippen MR) is 120 cm³/mol. The Labute approximate surface area is 188 Å². The molecule has 0 bridgehead atoms. The van der Waals surface area contributed by atoms with Crippen molar-refractivity contribution in [2.75, 3.05) is 45.9 Å². The minimum absolute atomic E-state index is 0.187. The fourth-order valence-electron chi connectivity index (χ4n) is 4.09. The highest BCUT2D eigenvalue weighted by molar-refractivity contribution is 5.96. The van der Waals surface area contributed by atoms with Gasteiger partial charge in [-0.15, -0.1) is 0 Å². The molecule has 168 valence electrons. The van der Waals surface area contributed by atoms with Gasteiger partial charge in [0.15, 0.2) is 5.69 Å². The van der Waals surface area contributed by atoms with Gasteiger partial charge in [0.1, 0.15) is 0 Å². The summed E-state index contributed by atoms with van der Waals surface area (Å²) in [7, 11) is 1.85. The quantitative estimate of drug-likeness (QED) is 0.555. The Morgan fingerprint density at radius 2 is 1.94 bits per heavy atom. The summed E-state index contributed by atoms with van der Waals surface area (Å²) in [6.45, 7) is 5.88. The van der Waals surface area contributed by atoms with Crippen molar-refractivity contribution in [3.63, 3.8) is 0 Å². The van der Waals surface area contributed by atoms with Crippen molar-refractivity contribution < 1.29 is 14.3 Å². The summed E-state index contributed by atoms with van der Waals surface area (Å²) in [5, 5.41) is 7.44. The molecule has 8 heteroatoms. The van der Waals surface area contributed by atoms with Gasteiger partial charge in [-0.3, -0.25) is 19.2 Å². The van der Waals surface area contributed by atoms with Gasteiger partial charge < -0.3 is 15.0 Å². The normalized spacial score (nSPS) is 16.1. The van der Waals surface area contributed by atoms with E-state index in [4.69, 9.17) is 4.74 Å². The first-order valence-electron chi connectivity index (χ1n) is 11.1. The molecular formula is C24H29N5O3. The maximum atomic E-state index is 12.8. The zero-order valence-corrected chi connectivity index (χ0v) is 18.5. The molecule has 2 aliphatic rings. The van der Waals surface area contributed by atoms with E-state index < -0.39 is 0 Å². The summed E-state index contributed by atoms with van der Waals surface area (Å²) in [6.07, 6.45) is 1.53. The standard InChI is InChI=1S/C24H29N5O3/c1-27-21-10-13-29(22(30)9-8-19-6-3-2-4-7-19)18-20(21)23(26-27)24(31)25-11-5-12-28-14-16-32-17-15-28/h2-4,6-7H,5,10-18H2,1H3,(H,25,31). The average molecular weight is 436 g/mol. The summed E-state index contributed by atoms with van der Waals surface area (Å²) < 4.78 is 7.12. The molecule has 1 fully saturated rings. The Balaban J connectivity index is 1.35. The SMILES string of the molecule is Cn1nc(C(=O)NCCCN2CCOCC2)c2c1CCN(C(=O)C#Cc1ccccc1)C2. The first kappa shape index (κ1) is 22.1. The van der Waals surface area contributed by atoms with E-state index in [1.54, 1.807) is 9.58 Å². The van der Waals surface area contributed by atoms with Crippen molar-refractivity contribution in [2.24, 2.45) is 7.05 Å². The van der Waals surface area contributed by atoms with E-state index in [0.717, 1.165) is 56.1 Å².